The fraction of sp³-hybridized carbons (Fsp3) is 0.0769. The van der Waals surface area contributed by atoms with Crippen molar-refractivity contribution in [1.82, 2.24) is 4.98 Å². The van der Waals surface area contributed by atoms with Crippen LogP contribution in [0.2, 0.25) is 0 Å². The van der Waals surface area contributed by atoms with Crippen LogP contribution in [0.4, 0.5) is 0 Å². The molecule has 2 aliphatic carbocycles. The van der Waals surface area contributed by atoms with E-state index in [-0.39, 0.29) is 5.41 Å². The van der Waals surface area contributed by atoms with Gasteiger partial charge < -0.3 is 0 Å². The van der Waals surface area contributed by atoms with Gasteiger partial charge in [0.05, 0.1) is 28.4 Å². The van der Waals surface area contributed by atoms with E-state index in [1.165, 1.54) is 50.1 Å². The lowest BCUT2D eigenvalue weighted by Gasteiger charge is -2.46. The SMILES string of the molecule is CC1(C)c2ccccc2C2(c3ccccc3-c3cc(-c4cc(-c5cccc(C#N)c5)cc(-c5ccc(-c6ccccc6)cc5)n4)ccc32)c2ccccc21. The first-order valence-corrected chi connectivity index (χ1v) is 18.6. The van der Waals surface area contributed by atoms with Crippen LogP contribution in [0.5, 0.6) is 0 Å². The van der Waals surface area contributed by atoms with Crippen molar-refractivity contribution in [3.63, 3.8) is 0 Å². The van der Waals surface area contributed by atoms with Gasteiger partial charge in [-0.25, -0.2) is 4.98 Å². The molecular formula is C52H36N2. The van der Waals surface area contributed by atoms with Crippen LogP contribution < -0.4 is 0 Å². The van der Waals surface area contributed by atoms with Crippen LogP contribution in [0.15, 0.2) is 182 Å². The lowest BCUT2D eigenvalue weighted by atomic mass is 9.55. The summed E-state index contributed by atoms with van der Waals surface area (Å²) in [7, 11) is 0. The molecule has 2 nitrogen and oxygen atoms in total. The highest BCUT2D eigenvalue weighted by molar-refractivity contribution is 5.91. The quantitative estimate of drug-likeness (QED) is 0.185. The van der Waals surface area contributed by atoms with E-state index in [0.29, 0.717) is 5.56 Å². The van der Waals surface area contributed by atoms with E-state index in [1.807, 2.05) is 24.3 Å². The third-order valence-electron chi connectivity index (χ3n) is 11.8. The minimum Gasteiger partial charge on any atom is -0.248 e. The van der Waals surface area contributed by atoms with Gasteiger partial charge in [0.2, 0.25) is 0 Å². The summed E-state index contributed by atoms with van der Waals surface area (Å²) in [6.45, 7) is 4.72. The molecule has 0 aliphatic heterocycles. The summed E-state index contributed by atoms with van der Waals surface area (Å²) in [6, 6.07) is 67.6. The fourth-order valence-corrected chi connectivity index (χ4v) is 9.25. The van der Waals surface area contributed by atoms with Crippen molar-refractivity contribution in [2.24, 2.45) is 0 Å². The molecule has 10 rings (SSSR count). The maximum absolute atomic E-state index is 9.76. The Morgan fingerprint density at radius 3 is 1.59 bits per heavy atom. The summed E-state index contributed by atoms with van der Waals surface area (Å²) in [5.74, 6) is 0. The monoisotopic (exact) mass is 688 g/mol. The second-order valence-electron chi connectivity index (χ2n) is 15.0. The number of nitrogens with zero attached hydrogens (tertiary/aromatic N) is 2. The van der Waals surface area contributed by atoms with Gasteiger partial charge in [-0.1, -0.05) is 166 Å². The number of benzene rings is 7. The Morgan fingerprint density at radius 1 is 0.389 bits per heavy atom. The number of fused-ring (bicyclic) bond motifs is 9. The number of pyridine rings is 1. The Kier molecular flexibility index (Phi) is 7.16. The van der Waals surface area contributed by atoms with E-state index in [2.05, 4.69) is 178 Å². The number of aromatic nitrogens is 1. The lowest BCUT2D eigenvalue weighted by molar-refractivity contribution is 0.563. The van der Waals surface area contributed by atoms with Crippen molar-refractivity contribution in [2.75, 3.05) is 0 Å². The van der Waals surface area contributed by atoms with Crippen LogP contribution in [-0.2, 0) is 10.8 Å². The molecule has 1 spiro atoms. The van der Waals surface area contributed by atoms with Crippen LogP contribution in [0.1, 0.15) is 52.8 Å². The van der Waals surface area contributed by atoms with E-state index in [1.54, 1.807) is 0 Å². The van der Waals surface area contributed by atoms with Crippen LogP contribution >= 0.6 is 0 Å². The summed E-state index contributed by atoms with van der Waals surface area (Å²) in [5, 5.41) is 9.76. The summed E-state index contributed by atoms with van der Waals surface area (Å²) in [4.78, 5) is 5.36. The third kappa shape index (κ3) is 4.69. The van der Waals surface area contributed by atoms with E-state index in [9.17, 15) is 5.26 Å². The van der Waals surface area contributed by atoms with Crippen molar-refractivity contribution in [2.45, 2.75) is 24.7 Å². The Balaban J connectivity index is 1.18. The standard InChI is InChI=1S/C52H36N2/c1-51(2)45-19-8-10-21-47(45)52(48-22-11-9-20-46(48)51)43-18-7-6-17-41(43)42-30-39(27-28-44(42)52)50-32-40(38-16-12-13-34(29-38)33-53)31-49(54-50)37-25-23-36(24-26-37)35-14-4-3-5-15-35/h3-32H,1-2H3. The van der Waals surface area contributed by atoms with E-state index in [4.69, 9.17) is 4.98 Å². The molecule has 254 valence electrons. The fourth-order valence-electron chi connectivity index (χ4n) is 9.25. The molecule has 2 heteroatoms. The number of hydrogen-bond acceptors (Lipinski definition) is 2. The van der Waals surface area contributed by atoms with Crippen molar-refractivity contribution in [3.8, 4) is 62.0 Å². The van der Waals surface area contributed by atoms with Crippen molar-refractivity contribution in [1.29, 1.82) is 5.26 Å². The molecular weight excluding hydrogens is 653 g/mol. The topological polar surface area (TPSA) is 36.7 Å². The first-order chi connectivity index (χ1) is 26.5. The van der Waals surface area contributed by atoms with Crippen molar-refractivity contribution >= 4 is 0 Å². The van der Waals surface area contributed by atoms with E-state index in [0.717, 1.165) is 39.2 Å². The molecule has 8 aromatic rings. The van der Waals surface area contributed by atoms with Gasteiger partial charge in [-0.05, 0) is 97.1 Å². The summed E-state index contributed by atoms with van der Waals surface area (Å²) < 4.78 is 0. The van der Waals surface area contributed by atoms with Gasteiger partial charge in [0.25, 0.3) is 0 Å². The number of hydrogen-bond donors (Lipinski definition) is 0. The zero-order chi connectivity index (χ0) is 36.4. The van der Waals surface area contributed by atoms with Gasteiger partial charge in [-0.3, -0.25) is 0 Å². The molecule has 1 aromatic heterocycles. The van der Waals surface area contributed by atoms with Crippen LogP contribution in [0, 0.1) is 11.3 Å². The predicted molar refractivity (Wildman–Crippen MR) is 220 cm³/mol. The van der Waals surface area contributed by atoms with Crippen LogP contribution in [0.3, 0.4) is 0 Å². The number of nitriles is 1. The Hall–Kier alpha value is -6.82. The van der Waals surface area contributed by atoms with Gasteiger partial charge in [-0.2, -0.15) is 5.26 Å². The molecule has 0 unspecified atom stereocenters. The molecule has 2 aliphatic rings. The molecule has 0 atom stereocenters. The highest BCUT2D eigenvalue weighted by Crippen LogP contribution is 2.62. The Labute approximate surface area is 316 Å². The van der Waals surface area contributed by atoms with Gasteiger partial charge in [0, 0.05) is 16.5 Å². The van der Waals surface area contributed by atoms with Crippen LogP contribution in [0.25, 0.3) is 55.9 Å². The first kappa shape index (κ1) is 31.9. The third-order valence-corrected chi connectivity index (χ3v) is 11.8. The largest absolute Gasteiger partial charge is 0.248 e. The van der Waals surface area contributed by atoms with Crippen LogP contribution in [-0.4, -0.2) is 4.98 Å². The molecule has 0 bridgehead atoms. The van der Waals surface area contributed by atoms with Gasteiger partial charge in [-0.15, -0.1) is 0 Å². The average Bonchev–Trinajstić information content (AvgIpc) is 3.53. The minimum absolute atomic E-state index is 0.140. The maximum atomic E-state index is 9.76. The lowest BCUT2D eigenvalue weighted by Crippen LogP contribution is -2.40. The molecule has 0 radical (unpaired) electrons. The van der Waals surface area contributed by atoms with E-state index >= 15 is 0 Å². The Bertz CT molecular complexity index is 2750. The molecule has 54 heavy (non-hydrogen) atoms. The molecule has 0 saturated carbocycles. The van der Waals surface area contributed by atoms with Gasteiger partial charge in [0.15, 0.2) is 0 Å². The van der Waals surface area contributed by atoms with Crippen molar-refractivity contribution in [3.05, 3.63) is 221 Å². The molecule has 0 N–H and O–H groups in total. The van der Waals surface area contributed by atoms with Crippen molar-refractivity contribution < 1.29 is 0 Å². The average molecular weight is 689 g/mol. The summed E-state index contributed by atoms with van der Waals surface area (Å²) in [5.41, 5.74) is 18.8. The second-order valence-corrected chi connectivity index (χ2v) is 15.0. The minimum atomic E-state index is -0.439. The zero-order valence-corrected chi connectivity index (χ0v) is 30.2. The highest BCUT2D eigenvalue weighted by atomic mass is 14.7. The Morgan fingerprint density at radius 2 is 0.907 bits per heavy atom. The molecule has 0 saturated heterocycles. The zero-order valence-electron chi connectivity index (χ0n) is 30.2. The van der Waals surface area contributed by atoms with Gasteiger partial charge >= 0.3 is 0 Å². The second kappa shape index (κ2) is 12.1. The molecule has 0 amide bonds. The normalized spacial score (nSPS) is 14.0. The first-order valence-electron chi connectivity index (χ1n) is 18.6. The maximum Gasteiger partial charge on any atom is 0.0991 e. The smallest absolute Gasteiger partial charge is 0.0991 e. The summed E-state index contributed by atoms with van der Waals surface area (Å²) in [6.07, 6.45) is 0. The van der Waals surface area contributed by atoms with Gasteiger partial charge in [0.1, 0.15) is 0 Å². The molecule has 1 heterocycles. The number of rotatable bonds is 4. The molecule has 0 fully saturated rings. The summed E-state index contributed by atoms with van der Waals surface area (Å²) >= 11 is 0. The van der Waals surface area contributed by atoms with E-state index < -0.39 is 5.41 Å². The molecule has 7 aromatic carbocycles. The predicted octanol–water partition coefficient (Wildman–Crippen LogP) is 12.6. The highest BCUT2D eigenvalue weighted by Gasteiger charge is 2.53.